The number of aromatic nitrogens is 2. The molecule has 0 unspecified atom stereocenters. The molecule has 4 aromatic rings. The zero-order chi connectivity index (χ0) is 22.3. The summed E-state index contributed by atoms with van der Waals surface area (Å²) >= 11 is 0. The van der Waals surface area contributed by atoms with Gasteiger partial charge in [-0.3, -0.25) is 9.48 Å². The van der Waals surface area contributed by atoms with Gasteiger partial charge in [-0.25, -0.2) is 0 Å². The Bertz CT molecular complexity index is 1220. The third kappa shape index (κ3) is 5.16. The van der Waals surface area contributed by atoms with E-state index in [9.17, 15) is 4.79 Å². The molecular weight excluding hydrogens is 402 g/mol. The summed E-state index contributed by atoms with van der Waals surface area (Å²) < 4.78 is 13.3. The minimum Gasteiger partial charge on any atom is -0.485 e. The largest absolute Gasteiger partial charge is 0.485 e. The molecule has 4 rings (SSSR count). The second-order valence-electron chi connectivity index (χ2n) is 7.46. The Morgan fingerprint density at radius 2 is 1.91 bits per heavy atom. The summed E-state index contributed by atoms with van der Waals surface area (Å²) in [5.41, 5.74) is 4.04. The van der Waals surface area contributed by atoms with Crippen LogP contribution in [0.3, 0.4) is 0 Å². The average molecular weight is 428 g/mol. The van der Waals surface area contributed by atoms with Gasteiger partial charge in [0.05, 0.1) is 18.4 Å². The Morgan fingerprint density at radius 1 is 1.12 bits per heavy atom. The SMILES string of the molecule is C=CCc1ccccc1OCc1ccc(C(=O)Nc2cnn(Cc3ccccc3C)c2)o1. The predicted molar refractivity (Wildman–Crippen MR) is 124 cm³/mol. The van der Waals surface area contributed by atoms with Crippen molar-refractivity contribution in [1.29, 1.82) is 0 Å². The summed E-state index contributed by atoms with van der Waals surface area (Å²) in [6.07, 6.45) is 5.98. The molecule has 0 aliphatic rings. The van der Waals surface area contributed by atoms with Crippen molar-refractivity contribution < 1.29 is 13.9 Å². The summed E-state index contributed by atoms with van der Waals surface area (Å²) in [5, 5.41) is 7.16. The van der Waals surface area contributed by atoms with E-state index < -0.39 is 0 Å². The normalized spacial score (nSPS) is 10.7. The van der Waals surface area contributed by atoms with Crippen LogP contribution in [-0.2, 0) is 19.6 Å². The third-order valence-electron chi connectivity index (χ3n) is 5.08. The van der Waals surface area contributed by atoms with E-state index in [1.54, 1.807) is 29.2 Å². The molecule has 0 aliphatic heterocycles. The van der Waals surface area contributed by atoms with E-state index >= 15 is 0 Å². The van der Waals surface area contributed by atoms with Crippen molar-refractivity contribution in [3.05, 3.63) is 114 Å². The second-order valence-corrected chi connectivity index (χ2v) is 7.46. The number of furan rings is 1. The molecule has 0 saturated carbocycles. The minimum absolute atomic E-state index is 0.217. The van der Waals surface area contributed by atoms with Crippen LogP contribution >= 0.6 is 0 Å². The number of nitrogens with zero attached hydrogens (tertiary/aromatic N) is 2. The maximum Gasteiger partial charge on any atom is 0.291 e. The molecule has 0 fully saturated rings. The number of benzene rings is 2. The first-order valence-electron chi connectivity index (χ1n) is 10.4. The molecule has 0 radical (unpaired) electrons. The van der Waals surface area contributed by atoms with Crippen LogP contribution in [0.1, 0.15) is 33.0 Å². The lowest BCUT2D eigenvalue weighted by atomic mass is 10.1. The smallest absolute Gasteiger partial charge is 0.291 e. The van der Waals surface area contributed by atoms with Crippen molar-refractivity contribution in [1.82, 2.24) is 9.78 Å². The molecule has 32 heavy (non-hydrogen) atoms. The van der Waals surface area contributed by atoms with E-state index in [4.69, 9.17) is 9.15 Å². The zero-order valence-electron chi connectivity index (χ0n) is 18.0. The van der Waals surface area contributed by atoms with Crippen molar-refractivity contribution >= 4 is 11.6 Å². The van der Waals surface area contributed by atoms with E-state index in [1.165, 1.54) is 11.1 Å². The molecule has 1 amide bonds. The number of anilines is 1. The van der Waals surface area contributed by atoms with E-state index in [0.717, 1.165) is 17.7 Å². The lowest BCUT2D eigenvalue weighted by Gasteiger charge is -2.08. The number of aryl methyl sites for hydroxylation is 1. The maximum atomic E-state index is 12.6. The Hall–Kier alpha value is -4.06. The fourth-order valence-corrected chi connectivity index (χ4v) is 3.36. The first kappa shape index (κ1) is 21.2. The molecule has 0 aliphatic carbocycles. The fraction of sp³-hybridized carbons (Fsp3) is 0.154. The van der Waals surface area contributed by atoms with Gasteiger partial charge in [0.15, 0.2) is 5.76 Å². The first-order valence-corrected chi connectivity index (χ1v) is 10.4. The number of hydrogen-bond donors (Lipinski definition) is 1. The van der Waals surface area contributed by atoms with E-state index in [1.807, 2.05) is 42.5 Å². The Balaban J connectivity index is 1.35. The van der Waals surface area contributed by atoms with Gasteiger partial charge in [0, 0.05) is 6.20 Å². The van der Waals surface area contributed by atoms with Crippen molar-refractivity contribution in [3.8, 4) is 5.75 Å². The number of ether oxygens (including phenoxy) is 1. The van der Waals surface area contributed by atoms with Gasteiger partial charge in [-0.15, -0.1) is 6.58 Å². The van der Waals surface area contributed by atoms with Crippen LogP contribution in [0.2, 0.25) is 0 Å². The molecule has 0 bridgehead atoms. The highest BCUT2D eigenvalue weighted by Crippen LogP contribution is 2.21. The number of carbonyl (C=O) groups excluding carboxylic acids is 1. The highest BCUT2D eigenvalue weighted by Gasteiger charge is 2.13. The lowest BCUT2D eigenvalue weighted by molar-refractivity contribution is 0.0992. The summed E-state index contributed by atoms with van der Waals surface area (Å²) in [6, 6.07) is 19.3. The number of amides is 1. The van der Waals surface area contributed by atoms with E-state index in [2.05, 4.69) is 36.1 Å². The topological polar surface area (TPSA) is 69.3 Å². The Kier molecular flexibility index (Phi) is 6.51. The Morgan fingerprint density at radius 3 is 2.72 bits per heavy atom. The highest BCUT2D eigenvalue weighted by atomic mass is 16.5. The average Bonchev–Trinajstić information content (AvgIpc) is 3.45. The van der Waals surface area contributed by atoms with E-state index in [0.29, 0.717) is 18.0 Å². The zero-order valence-corrected chi connectivity index (χ0v) is 18.0. The monoisotopic (exact) mass is 427 g/mol. The van der Waals surface area contributed by atoms with Gasteiger partial charge in [-0.05, 0) is 48.2 Å². The number of para-hydroxylation sites is 1. The van der Waals surface area contributed by atoms with Crippen LogP contribution in [0.5, 0.6) is 5.75 Å². The standard InChI is InChI=1S/C26H25N3O3/c1-3-8-20-10-6-7-12-24(20)31-18-23-13-14-25(32-23)26(30)28-22-15-27-29(17-22)16-21-11-5-4-9-19(21)2/h3-7,9-15,17H,1,8,16,18H2,2H3,(H,28,30). The molecule has 6 heteroatoms. The molecule has 0 spiro atoms. The summed E-state index contributed by atoms with van der Waals surface area (Å²) in [5.74, 6) is 1.23. The first-order chi connectivity index (χ1) is 15.6. The van der Waals surface area contributed by atoms with Crippen LogP contribution in [0, 0.1) is 6.92 Å². The number of hydrogen-bond acceptors (Lipinski definition) is 4. The van der Waals surface area contributed by atoms with Crippen LogP contribution in [-0.4, -0.2) is 15.7 Å². The molecule has 2 aromatic heterocycles. The summed E-state index contributed by atoms with van der Waals surface area (Å²) in [4.78, 5) is 12.6. The highest BCUT2D eigenvalue weighted by molar-refractivity contribution is 6.02. The van der Waals surface area contributed by atoms with Crippen LogP contribution in [0.25, 0.3) is 0 Å². The Labute approximate surface area is 187 Å². The molecule has 2 aromatic carbocycles. The molecule has 1 N–H and O–H groups in total. The van der Waals surface area contributed by atoms with Gasteiger partial charge < -0.3 is 14.5 Å². The number of carbonyl (C=O) groups is 1. The van der Waals surface area contributed by atoms with Crippen LogP contribution in [0.15, 0.2) is 90.1 Å². The third-order valence-corrected chi connectivity index (χ3v) is 5.08. The van der Waals surface area contributed by atoms with E-state index in [-0.39, 0.29) is 18.3 Å². The number of rotatable bonds is 9. The number of nitrogens with one attached hydrogen (secondary N) is 1. The maximum absolute atomic E-state index is 12.6. The molecule has 2 heterocycles. The molecular formula is C26H25N3O3. The van der Waals surface area contributed by atoms with Gasteiger partial charge in [0.2, 0.25) is 0 Å². The van der Waals surface area contributed by atoms with Crippen molar-refractivity contribution in [2.75, 3.05) is 5.32 Å². The number of allylic oxidation sites excluding steroid dienone is 1. The summed E-state index contributed by atoms with van der Waals surface area (Å²) in [7, 11) is 0. The fourth-order valence-electron chi connectivity index (χ4n) is 3.36. The second kappa shape index (κ2) is 9.83. The van der Waals surface area contributed by atoms with Gasteiger partial charge in [-0.2, -0.15) is 5.10 Å². The van der Waals surface area contributed by atoms with Crippen molar-refractivity contribution in [2.24, 2.45) is 0 Å². The van der Waals surface area contributed by atoms with Gasteiger partial charge in [0.25, 0.3) is 5.91 Å². The molecule has 162 valence electrons. The quantitative estimate of drug-likeness (QED) is 0.364. The van der Waals surface area contributed by atoms with Crippen molar-refractivity contribution in [3.63, 3.8) is 0 Å². The summed E-state index contributed by atoms with van der Waals surface area (Å²) in [6.45, 7) is 6.71. The van der Waals surface area contributed by atoms with Gasteiger partial charge in [-0.1, -0.05) is 48.5 Å². The predicted octanol–water partition coefficient (Wildman–Crippen LogP) is 5.39. The van der Waals surface area contributed by atoms with Crippen LogP contribution < -0.4 is 10.1 Å². The molecule has 6 nitrogen and oxygen atoms in total. The van der Waals surface area contributed by atoms with Gasteiger partial charge >= 0.3 is 0 Å². The molecule has 0 atom stereocenters. The van der Waals surface area contributed by atoms with Crippen molar-refractivity contribution in [2.45, 2.75) is 26.5 Å². The van der Waals surface area contributed by atoms with Gasteiger partial charge in [0.1, 0.15) is 18.1 Å². The minimum atomic E-state index is -0.334. The molecule has 0 saturated heterocycles. The lowest BCUT2D eigenvalue weighted by Crippen LogP contribution is -2.10. The van der Waals surface area contributed by atoms with Crippen LogP contribution in [0.4, 0.5) is 5.69 Å².